The van der Waals surface area contributed by atoms with Crippen LogP contribution in [-0.2, 0) is 16.0 Å². The van der Waals surface area contributed by atoms with E-state index in [4.69, 9.17) is 9.47 Å². The molecule has 1 heterocycles. The molecule has 1 aliphatic rings. The summed E-state index contributed by atoms with van der Waals surface area (Å²) < 4.78 is 24.3. The molecule has 3 nitrogen and oxygen atoms in total. The summed E-state index contributed by atoms with van der Waals surface area (Å²) in [5.74, 6) is -0.148. The predicted molar refractivity (Wildman–Crippen MR) is 72.5 cm³/mol. The molecule has 1 aromatic carbocycles. The third kappa shape index (κ3) is 5.27. The van der Waals surface area contributed by atoms with Crippen molar-refractivity contribution in [3.05, 3.63) is 35.6 Å². The van der Waals surface area contributed by atoms with Crippen molar-refractivity contribution in [1.29, 1.82) is 0 Å². The summed E-state index contributed by atoms with van der Waals surface area (Å²) in [6.07, 6.45) is 3.50. The van der Waals surface area contributed by atoms with Crippen molar-refractivity contribution >= 4 is 0 Å². The maximum atomic E-state index is 13.3. The lowest BCUT2D eigenvalue weighted by Gasteiger charge is -2.10. The molecule has 1 atom stereocenters. The van der Waals surface area contributed by atoms with Gasteiger partial charge >= 0.3 is 0 Å². The standard InChI is InChI=1S/C15H22FNO2/c16-15-7-2-1-5-13(15)11-17-8-4-9-18-12-14-6-3-10-19-14/h1-2,5,7,14,17H,3-4,6,8-12H2. The van der Waals surface area contributed by atoms with E-state index < -0.39 is 0 Å². The largest absolute Gasteiger partial charge is 0.379 e. The van der Waals surface area contributed by atoms with Gasteiger partial charge in [-0.25, -0.2) is 4.39 Å². The lowest BCUT2D eigenvalue weighted by atomic mass is 10.2. The van der Waals surface area contributed by atoms with Crippen molar-refractivity contribution < 1.29 is 13.9 Å². The molecule has 1 N–H and O–H groups in total. The fourth-order valence-electron chi connectivity index (χ4n) is 2.15. The Morgan fingerprint density at radius 2 is 2.26 bits per heavy atom. The van der Waals surface area contributed by atoms with Gasteiger partial charge in [0.05, 0.1) is 12.7 Å². The maximum absolute atomic E-state index is 13.3. The van der Waals surface area contributed by atoms with E-state index in [1.807, 2.05) is 6.07 Å². The molecule has 2 rings (SSSR count). The van der Waals surface area contributed by atoms with Gasteiger partial charge in [-0.05, 0) is 31.9 Å². The monoisotopic (exact) mass is 267 g/mol. The summed E-state index contributed by atoms with van der Waals surface area (Å²) >= 11 is 0. The summed E-state index contributed by atoms with van der Waals surface area (Å²) in [5, 5.41) is 3.22. The smallest absolute Gasteiger partial charge is 0.127 e. The first-order valence-corrected chi connectivity index (χ1v) is 7.00. The van der Waals surface area contributed by atoms with Crippen LogP contribution in [0.1, 0.15) is 24.8 Å². The highest BCUT2D eigenvalue weighted by Crippen LogP contribution is 2.11. The number of ether oxygens (including phenoxy) is 2. The van der Waals surface area contributed by atoms with Crippen LogP contribution in [0.4, 0.5) is 4.39 Å². The van der Waals surface area contributed by atoms with E-state index in [1.165, 1.54) is 6.07 Å². The van der Waals surface area contributed by atoms with Crippen molar-refractivity contribution in [3.8, 4) is 0 Å². The Hall–Kier alpha value is -0.970. The first-order chi connectivity index (χ1) is 9.36. The minimum atomic E-state index is -0.148. The highest BCUT2D eigenvalue weighted by atomic mass is 19.1. The van der Waals surface area contributed by atoms with Crippen LogP contribution in [0.25, 0.3) is 0 Å². The van der Waals surface area contributed by atoms with Crippen LogP contribution in [0.2, 0.25) is 0 Å². The van der Waals surface area contributed by atoms with E-state index in [2.05, 4.69) is 5.32 Å². The number of hydrogen-bond acceptors (Lipinski definition) is 3. The molecule has 0 aromatic heterocycles. The molecule has 0 spiro atoms. The second-order valence-electron chi connectivity index (χ2n) is 4.83. The molecule has 4 heteroatoms. The number of benzene rings is 1. The highest BCUT2D eigenvalue weighted by molar-refractivity contribution is 5.16. The third-order valence-corrected chi connectivity index (χ3v) is 3.24. The molecule has 0 amide bonds. The Balaban J connectivity index is 1.47. The third-order valence-electron chi connectivity index (χ3n) is 3.24. The van der Waals surface area contributed by atoms with E-state index >= 15 is 0 Å². The van der Waals surface area contributed by atoms with Crippen molar-refractivity contribution in [2.24, 2.45) is 0 Å². The van der Waals surface area contributed by atoms with E-state index in [9.17, 15) is 4.39 Å². The van der Waals surface area contributed by atoms with Crippen LogP contribution >= 0.6 is 0 Å². The van der Waals surface area contributed by atoms with Crippen molar-refractivity contribution in [2.45, 2.75) is 31.9 Å². The van der Waals surface area contributed by atoms with Crippen LogP contribution in [0, 0.1) is 5.82 Å². The van der Waals surface area contributed by atoms with E-state index in [0.29, 0.717) is 24.8 Å². The Kier molecular flexibility index (Phi) is 6.27. The van der Waals surface area contributed by atoms with Gasteiger partial charge in [0, 0.05) is 25.3 Å². The molecular weight excluding hydrogens is 245 g/mol. The Morgan fingerprint density at radius 1 is 1.37 bits per heavy atom. The molecule has 0 aliphatic carbocycles. The summed E-state index contributed by atoms with van der Waals surface area (Å²) in [4.78, 5) is 0. The molecule has 1 aliphatic heterocycles. The molecule has 1 unspecified atom stereocenters. The van der Waals surface area contributed by atoms with Gasteiger partial charge < -0.3 is 14.8 Å². The van der Waals surface area contributed by atoms with Gasteiger partial charge in [0.15, 0.2) is 0 Å². The Morgan fingerprint density at radius 3 is 3.05 bits per heavy atom. The fourth-order valence-corrected chi connectivity index (χ4v) is 2.15. The second-order valence-corrected chi connectivity index (χ2v) is 4.83. The topological polar surface area (TPSA) is 30.5 Å². The number of rotatable bonds is 8. The average molecular weight is 267 g/mol. The summed E-state index contributed by atoms with van der Waals surface area (Å²) in [5.41, 5.74) is 0.711. The molecule has 0 saturated carbocycles. The number of nitrogens with one attached hydrogen (secondary N) is 1. The minimum absolute atomic E-state index is 0.148. The molecule has 0 bridgehead atoms. The van der Waals surface area contributed by atoms with Gasteiger partial charge in [-0.2, -0.15) is 0 Å². The Bertz CT molecular complexity index is 367. The zero-order chi connectivity index (χ0) is 13.3. The summed E-state index contributed by atoms with van der Waals surface area (Å²) in [6, 6.07) is 6.85. The first-order valence-electron chi connectivity index (χ1n) is 7.00. The normalized spacial score (nSPS) is 18.9. The molecule has 1 fully saturated rings. The molecule has 1 aromatic rings. The van der Waals surface area contributed by atoms with Crippen molar-refractivity contribution in [3.63, 3.8) is 0 Å². The fraction of sp³-hybridized carbons (Fsp3) is 0.600. The van der Waals surface area contributed by atoms with Crippen LogP contribution in [0.15, 0.2) is 24.3 Å². The van der Waals surface area contributed by atoms with Gasteiger partial charge in [-0.15, -0.1) is 0 Å². The maximum Gasteiger partial charge on any atom is 0.127 e. The van der Waals surface area contributed by atoms with Crippen LogP contribution in [0.5, 0.6) is 0 Å². The molecular formula is C15H22FNO2. The van der Waals surface area contributed by atoms with Gasteiger partial charge in [0.2, 0.25) is 0 Å². The van der Waals surface area contributed by atoms with Crippen LogP contribution in [-0.4, -0.2) is 32.5 Å². The molecule has 0 radical (unpaired) electrons. The van der Waals surface area contributed by atoms with Crippen molar-refractivity contribution in [2.75, 3.05) is 26.4 Å². The number of halogens is 1. The molecule has 19 heavy (non-hydrogen) atoms. The SMILES string of the molecule is Fc1ccccc1CNCCCOCC1CCCO1. The lowest BCUT2D eigenvalue weighted by Crippen LogP contribution is -2.19. The minimum Gasteiger partial charge on any atom is -0.379 e. The van der Waals surface area contributed by atoms with E-state index in [-0.39, 0.29) is 5.82 Å². The first kappa shape index (κ1) is 14.4. The molecule has 1 saturated heterocycles. The van der Waals surface area contributed by atoms with Crippen LogP contribution < -0.4 is 5.32 Å². The summed E-state index contributed by atoms with van der Waals surface area (Å²) in [6.45, 7) is 3.70. The highest BCUT2D eigenvalue weighted by Gasteiger charge is 2.14. The van der Waals surface area contributed by atoms with Crippen LogP contribution in [0.3, 0.4) is 0 Å². The number of hydrogen-bond donors (Lipinski definition) is 1. The lowest BCUT2D eigenvalue weighted by molar-refractivity contribution is 0.0166. The van der Waals surface area contributed by atoms with Gasteiger partial charge in [-0.1, -0.05) is 18.2 Å². The average Bonchev–Trinajstić information content (AvgIpc) is 2.93. The zero-order valence-corrected chi connectivity index (χ0v) is 11.2. The molecule has 106 valence electrons. The predicted octanol–water partition coefficient (Wildman–Crippen LogP) is 2.50. The van der Waals surface area contributed by atoms with E-state index in [0.717, 1.165) is 39.0 Å². The van der Waals surface area contributed by atoms with Crippen molar-refractivity contribution in [1.82, 2.24) is 5.32 Å². The summed E-state index contributed by atoms with van der Waals surface area (Å²) in [7, 11) is 0. The van der Waals surface area contributed by atoms with E-state index in [1.54, 1.807) is 12.1 Å². The quantitative estimate of drug-likeness (QED) is 0.734. The van der Waals surface area contributed by atoms with Gasteiger partial charge in [0.1, 0.15) is 5.82 Å². The Labute approximate surface area is 114 Å². The second kappa shape index (κ2) is 8.25. The van der Waals surface area contributed by atoms with Gasteiger partial charge in [-0.3, -0.25) is 0 Å². The zero-order valence-electron chi connectivity index (χ0n) is 11.2. The van der Waals surface area contributed by atoms with Gasteiger partial charge in [0.25, 0.3) is 0 Å².